The molecule has 1 atom stereocenters. The van der Waals surface area contributed by atoms with E-state index < -0.39 is 6.10 Å². The summed E-state index contributed by atoms with van der Waals surface area (Å²) in [4.78, 5) is 2.29. The second-order valence-electron chi connectivity index (χ2n) is 8.68. The second-order valence-corrected chi connectivity index (χ2v) is 8.68. The molecule has 0 spiro atoms. The van der Waals surface area contributed by atoms with Crippen molar-refractivity contribution >= 4 is 10.9 Å². The smallest absolute Gasteiger partial charge is 0.0845 e. The lowest BCUT2D eigenvalue weighted by Crippen LogP contribution is -2.34. The number of nitrogens with zero attached hydrogens (tertiary/aromatic N) is 2. The first-order valence-corrected chi connectivity index (χ1v) is 11.7. The minimum absolute atomic E-state index is 0.447. The van der Waals surface area contributed by atoms with E-state index in [9.17, 15) is 5.11 Å². The van der Waals surface area contributed by atoms with E-state index in [0.717, 1.165) is 13.1 Å². The number of aliphatic hydroxyl groups excluding tert-OH is 1. The molecule has 4 aromatic rings. The van der Waals surface area contributed by atoms with E-state index in [1.165, 1.54) is 44.4 Å². The molecular formula is C29H34N2O. The Morgan fingerprint density at radius 1 is 0.844 bits per heavy atom. The molecule has 0 aliphatic rings. The molecular weight excluding hydrogens is 392 g/mol. The van der Waals surface area contributed by atoms with Gasteiger partial charge in [-0.25, -0.2) is 0 Å². The lowest BCUT2D eigenvalue weighted by molar-refractivity contribution is 0.104. The van der Waals surface area contributed by atoms with Crippen LogP contribution in [0.25, 0.3) is 33.3 Å². The Labute approximate surface area is 191 Å². The molecule has 1 aromatic heterocycles. The Balaban J connectivity index is 1.99. The van der Waals surface area contributed by atoms with Crippen LogP contribution in [0.4, 0.5) is 0 Å². The largest absolute Gasteiger partial charge is 0.390 e. The summed E-state index contributed by atoms with van der Waals surface area (Å²) in [6, 6.07) is 25.8. The average molecular weight is 427 g/mol. The van der Waals surface area contributed by atoms with Crippen molar-refractivity contribution in [1.29, 1.82) is 0 Å². The van der Waals surface area contributed by atoms with Crippen molar-refractivity contribution in [2.24, 2.45) is 0 Å². The normalized spacial score (nSPS) is 12.6. The van der Waals surface area contributed by atoms with E-state index >= 15 is 0 Å². The van der Waals surface area contributed by atoms with Gasteiger partial charge in [0.15, 0.2) is 0 Å². The molecule has 0 amide bonds. The average Bonchev–Trinajstić information content (AvgIpc) is 3.12. The van der Waals surface area contributed by atoms with Crippen LogP contribution in [0.15, 0.2) is 72.8 Å². The Hall–Kier alpha value is -2.88. The zero-order valence-corrected chi connectivity index (χ0v) is 19.7. The zero-order chi connectivity index (χ0) is 22.7. The lowest BCUT2D eigenvalue weighted by Gasteiger charge is -2.24. The predicted octanol–water partition coefficient (Wildman–Crippen LogP) is 6.29. The van der Waals surface area contributed by atoms with Gasteiger partial charge in [0, 0.05) is 17.5 Å². The molecule has 3 nitrogen and oxygen atoms in total. The maximum absolute atomic E-state index is 11.1. The van der Waals surface area contributed by atoms with Crippen LogP contribution in [-0.2, 0) is 6.54 Å². The van der Waals surface area contributed by atoms with Gasteiger partial charge in [-0.2, -0.15) is 0 Å². The quantitative estimate of drug-likeness (QED) is 0.358. The van der Waals surface area contributed by atoms with E-state index in [-0.39, 0.29) is 0 Å². The minimum atomic E-state index is -0.447. The lowest BCUT2D eigenvalue weighted by atomic mass is 9.97. The molecule has 0 aliphatic heterocycles. The van der Waals surface area contributed by atoms with Crippen molar-refractivity contribution in [2.75, 3.05) is 19.6 Å². The van der Waals surface area contributed by atoms with Gasteiger partial charge < -0.3 is 14.6 Å². The van der Waals surface area contributed by atoms with Crippen LogP contribution in [0.1, 0.15) is 25.0 Å². The van der Waals surface area contributed by atoms with Gasteiger partial charge in [-0.3, -0.25) is 0 Å². The number of aromatic nitrogens is 1. The standard InChI is InChI=1S/C29H34N2O/c1-5-30(6-2)19-25(32)20-31-28-22(4)17-21(3)18-26(28)27(23-13-9-7-10-14-23)29(31)24-15-11-8-12-16-24/h7-18,25,32H,5-6,19-20H2,1-4H3/t25-/m1/s1. The Kier molecular flexibility index (Phi) is 6.78. The third-order valence-corrected chi connectivity index (χ3v) is 6.36. The van der Waals surface area contributed by atoms with Gasteiger partial charge in [0.1, 0.15) is 0 Å². The molecule has 0 radical (unpaired) electrons. The van der Waals surface area contributed by atoms with Crippen molar-refractivity contribution in [1.82, 2.24) is 9.47 Å². The number of aliphatic hydroxyl groups is 1. The van der Waals surface area contributed by atoms with Crippen LogP contribution in [0.5, 0.6) is 0 Å². The fourth-order valence-electron chi connectivity index (χ4n) is 4.91. The number of hydrogen-bond donors (Lipinski definition) is 1. The summed E-state index contributed by atoms with van der Waals surface area (Å²) in [6.45, 7) is 11.8. The summed E-state index contributed by atoms with van der Waals surface area (Å²) in [7, 11) is 0. The van der Waals surface area contributed by atoms with Crippen molar-refractivity contribution < 1.29 is 5.11 Å². The van der Waals surface area contributed by atoms with Gasteiger partial charge in [-0.05, 0) is 49.7 Å². The molecule has 166 valence electrons. The molecule has 3 heteroatoms. The van der Waals surface area contributed by atoms with Crippen molar-refractivity contribution in [3.05, 3.63) is 83.9 Å². The number of rotatable bonds is 8. The first-order valence-electron chi connectivity index (χ1n) is 11.7. The molecule has 1 heterocycles. The van der Waals surface area contributed by atoms with Crippen molar-refractivity contribution in [3.8, 4) is 22.4 Å². The SMILES string of the molecule is CCN(CC)C[C@@H](O)Cn1c(-c2ccccc2)c(-c2ccccc2)c2cc(C)cc(C)c21. The Morgan fingerprint density at radius 2 is 1.44 bits per heavy atom. The highest BCUT2D eigenvalue weighted by Gasteiger charge is 2.23. The van der Waals surface area contributed by atoms with E-state index in [4.69, 9.17) is 0 Å². The molecule has 0 bridgehead atoms. The highest BCUT2D eigenvalue weighted by molar-refractivity contribution is 6.06. The van der Waals surface area contributed by atoms with E-state index in [2.05, 4.69) is 110 Å². The molecule has 0 saturated carbocycles. The molecule has 0 aliphatic carbocycles. The summed E-state index contributed by atoms with van der Waals surface area (Å²) in [5, 5.41) is 12.4. The number of fused-ring (bicyclic) bond motifs is 1. The van der Waals surface area contributed by atoms with Crippen LogP contribution in [0.2, 0.25) is 0 Å². The van der Waals surface area contributed by atoms with Gasteiger partial charge in [-0.15, -0.1) is 0 Å². The summed E-state index contributed by atoms with van der Waals surface area (Å²) in [6.07, 6.45) is -0.447. The first kappa shape index (κ1) is 22.3. The molecule has 0 saturated heterocycles. The molecule has 3 aromatic carbocycles. The molecule has 0 unspecified atom stereocenters. The number of benzene rings is 3. The third-order valence-electron chi connectivity index (χ3n) is 6.36. The minimum Gasteiger partial charge on any atom is -0.390 e. The van der Waals surface area contributed by atoms with Gasteiger partial charge in [0.25, 0.3) is 0 Å². The third kappa shape index (κ3) is 4.36. The highest BCUT2D eigenvalue weighted by atomic mass is 16.3. The van der Waals surface area contributed by atoms with E-state index in [1.54, 1.807) is 0 Å². The van der Waals surface area contributed by atoms with Gasteiger partial charge in [-0.1, -0.05) is 86.1 Å². The van der Waals surface area contributed by atoms with Crippen molar-refractivity contribution in [3.63, 3.8) is 0 Å². The number of hydrogen-bond acceptors (Lipinski definition) is 2. The summed E-state index contributed by atoms with van der Waals surface area (Å²) < 4.78 is 2.36. The maximum Gasteiger partial charge on any atom is 0.0845 e. The Morgan fingerprint density at radius 3 is 2.03 bits per heavy atom. The van der Waals surface area contributed by atoms with Gasteiger partial charge >= 0.3 is 0 Å². The van der Waals surface area contributed by atoms with Crippen LogP contribution < -0.4 is 0 Å². The number of likely N-dealkylation sites (N-methyl/N-ethyl adjacent to an activating group) is 1. The first-order chi connectivity index (χ1) is 15.5. The van der Waals surface area contributed by atoms with Crippen LogP contribution in [-0.4, -0.2) is 40.3 Å². The monoisotopic (exact) mass is 426 g/mol. The predicted molar refractivity (Wildman–Crippen MR) is 136 cm³/mol. The van der Waals surface area contributed by atoms with Crippen LogP contribution in [0, 0.1) is 13.8 Å². The maximum atomic E-state index is 11.1. The van der Waals surface area contributed by atoms with Crippen LogP contribution >= 0.6 is 0 Å². The summed E-state index contributed by atoms with van der Waals surface area (Å²) in [5.74, 6) is 0. The van der Waals surface area contributed by atoms with Crippen LogP contribution in [0.3, 0.4) is 0 Å². The molecule has 1 N–H and O–H groups in total. The number of aryl methyl sites for hydroxylation is 2. The van der Waals surface area contributed by atoms with E-state index in [0.29, 0.717) is 13.1 Å². The second kappa shape index (κ2) is 9.72. The van der Waals surface area contributed by atoms with Gasteiger partial charge in [0.05, 0.1) is 23.9 Å². The fraction of sp³-hybridized carbons (Fsp3) is 0.310. The molecule has 32 heavy (non-hydrogen) atoms. The summed E-state index contributed by atoms with van der Waals surface area (Å²) in [5.41, 5.74) is 8.52. The molecule has 4 rings (SSSR count). The highest BCUT2D eigenvalue weighted by Crippen LogP contribution is 2.42. The topological polar surface area (TPSA) is 28.4 Å². The fourth-order valence-corrected chi connectivity index (χ4v) is 4.91. The molecule has 0 fully saturated rings. The summed E-state index contributed by atoms with van der Waals surface area (Å²) >= 11 is 0. The van der Waals surface area contributed by atoms with E-state index in [1.807, 2.05) is 0 Å². The van der Waals surface area contributed by atoms with Crippen molar-refractivity contribution in [2.45, 2.75) is 40.3 Å². The van der Waals surface area contributed by atoms with Gasteiger partial charge in [0.2, 0.25) is 0 Å². The Bertz CT molecular complexity index is 1170. The zero-order valence-electron chi connectivity index (χ0n) is 19.7.